The fourth-order valence-electron chi connectivity index (χ4n) is 1.95. The van der Waals surface area contributed by atoms with E-state index in [4.69, 9.17) is 21.1 Å². The maximum Gasteiger partial charge on any atom is 0.310 e. The van der Waals surface area contributed by atoms with E-state index in [0.29, 0.717) is 22.9 Å². The number of hydrogen-bond donors (Lipinski definition) is 1. The lowest BCUT2D eigenvalue weighted by Crippen LogP contribution is -2.24. The molecular formula is C19H19ClN2O4. The van der Waals surface area contributed by atoms with Gasteiger partial charge in [0, 0.05) is 11.4 Å². The number of amides is 1. The zero-order valence-electron chi connectivity index (χ0n) is 14.5. The number of ether oxygens (including phenoxy) is 2. The molecule has 0 aliphatic heterocycles. The molecule has 0 bridgehead atoms. The van der Waals surface area contributed by atoms with Gasteiger partial charge in [-0.2, -0.15) is 5.10 Å². The van der Waals surface area contributed by atoms with Gasteiger partial charge in [0.2, 0.25) is 0 Å². The molecule has 0 fully saturated rings. The van der Waals surface area contributed by atoms with E-state index in [-0.39, 0.29) is 18.5 Å². The van der Waals surface area contributed by atoms with E-state index < -0.39 is 0 Å². The van der Waals surface area contributed by atoms with E-state index in [0.717, 1.165) is 11.1 Å². The summed E-state index contributed by atoms with van der Waals surface area (Å²) in [6.07, 6.45) is 1.80. The highest BCUT2D eigenvalue weighted by Gasteiger charge is 2.05. The van der Waals surface area contributed by atoms with Crippen molar-refractivity contribution in [3.8, 4) is 11.5 Å². The van der Waals surface area contributed by atoms with Gasteiger partial charge in [0.25, 0.3) is 5.91 Å². The van der Waals surface area contributed by atoms with Crippen LogP contribution >= 0.6 is 11.6 Å². The van der Waals surface area contributed by atoms with Crippen LogP contribution in [0.2, 0.25) is 5.02 Å². The monoisotopic (exact) mass is 374 g/mol. The third-order valence-corrected chi connectivity index (χ3v) is 3.53. The SMILES string of the molecule is CCC(=O)Oc1ccc(C=NNC(=O)COc2ccc(Cl)cc2C)cc1. The Labute approximate surface area is 156 Å². The molecule has 0 aliphatic carbocycles. The van der Waals surface area contributed by atoms with Gasteiger partial charge in [-0.15, -0.1) is 0 Å². The fourth-order valence-corrected chi connectivity index (χ4v) is 2.18. The van der Waals surface area contributed by atoms with Crippen LogP contribution in [0, 0.1) is 6.92 Å². The van der Waals surface area contributed by atoms with E-state index in [2.05, 4.69) is 10.5 Å². The highest BCUT2D eigenvalue weighted by Crippen LogP contribution is 2.21. The minimum atomic E-state index is -0.385. The number of carbonyl (C=O) groups excluding carboxylic acids is 2. The van der Waals surface area contributed by atoms with Crippen molar-refractivity contribution < 1.29 is 19.1 Å². The van der Waals surface area contributed by atoms with E-state index in [1.807, 2.05) is 6.92 Å². The summed E-state index contributed by atoms with van der Waals surface area (Å²) >= 11 is 5.87. The maximum atomic E-state index is 11.8. The quantitative estimate of drug-likeness (QED) is 0.348. The van der Waals surface area contributed by atoms with Gasteiger partial charge in [0.05, 0.1) is 6.21 Å². The number of hydrogen-bond acceptors (Lipinski definition) is 5. The van der Waals surface area contributed by atoms with Crippen molar-refractivity contribution in [2.45, 2.75) is 20.3 Å². The first-order chi connectivity index (χ1) is 12.5. The largest absolute Gasteiger partial charge is 0.483 e. The topological polar surface area (TPSA) is 77.0 Å². The highest BCUT2D eigenvalue weighted by atomic mass is 35.5. The van der Waals surface area contributed by atoms with E-state index in [1.165, 1.54) is 6.21 Å². The molecule has 2 aromatic carbocycles. The number of rotatable bonds is 7. The number of benzene rings is 2. The molecule has 0 radical (unpaired) electrons. The zero-order chi connectivity index (χ0) is 18.9. The Balaban J connectivity index is 1.80. The van der Waals surface area contributed by atoms with Crippen molar-refractivity contribution >= 4 is 29.7 Å². The molecule has 0 saturated carbocycles. The average molecular weight is 375 g/mol. The summed E-state index contributed by atoms with van der Waals surface area (Å²) in [4.78, 5) is 23.0. The Morgan fingerprint density at radius 2 is 1.92 bits per heavy atom. The third-order valence-electron chi connectivity index (χ3n) is 3.30. The molecule has 136 valence electrons. The number of nitrogens with one attached hydrogen (secondary N) is 1. The number of esters is 1. The van der Waals surface area contributed by atoms with E-state index >= 15 is 0 Å². The molecule has 2 aromatic rings. The predicted octanol–water partition coefficient (Wildman–Crippen LogP) is 3.49. The summed E-state index contributed by atoms with van der Waals surface area (Å²) in [5.41, 5.74) is 3.97. The second kappa shape index (κ2) is 9.58. The van der Waals surface area contributed by atoms with Gasteiger partial charge in [0.15, 0.2) is 6.61 Å². The highest BCUT2D eigenvalue weighted by molar-refractivity contribution is 6.30. The predicted molar refractivity (Wildman–Crippen MR) is 99.8 cm³/mol. The number of nitrogens with zero attached hydrogens (tertiary/aromatic N) is 1. The van der Waals surface area contributed by atoms with Crippen LogP contribution in [0.25, 0.3) is 0 Å². The third kappa shape index (κ3) is 6.22. The summed E-state index contributed by atoms with van der Waals surface area (Å²) in [5.74, 6) is 0.370. The number of halogens is 1. The van der Waals surface area contributed by atoms with Gasteiger partial charge in [-0.3, -0.25) is 9.59 Å². The van der Waals surface area contributed by atoms with Crippen LogP contribution in [0.3, 0.4) is 0 Å². The summed E-state index contributed by atoms with van der Waals surface area (Å²) in [5, 5.41) is 4.47. The van der Waals surface area contributed by atoms with Gasteiger partial charge in [0.1, 0.15) is 11.5 Å². The first kappa shape index (κ1) is 19.5. The standard InChI is InChI=1S/C19H19ClN2O4/c1-3-19(24)26-16-7-4-14(5-8-16)11-21-22-18(23)12-25-17-9-6-15(20)10-13(17)2/h4-11H,3,12H2,1-2H3,(H,22,23). The zero-order valence-corrected chi connectivity index (χ0v) is 15.2. The fraction of sp³-hybridized carbons (Fsp3) is 0.211. The number of hydrazone groups is 1. The minimum absolute atomic E-state index is 0.161. The Morgan fingerprint density at radius 3 is 2.58 bits per heavy atom. The summed E-state index contributed by atoms with van der Waals surface area (Å²) < 4.78 is 10.5. The molecule has 1 amide bonds. The lowest BCUT2D eigenvalue weighted by atomic mass is 10.2. The molecule has 2 rings (SSSR count). The molecule has 0 aromatic heterocycles. The second-order valence-corrected chi connectivity index (χ2v) is 5.82. The van der Waals surface area contributed by atoms with Crippen LogP contribution in [0.4, 0.5) is 0 Å². The van der Waals surface area contributed by atoms with Crippen molar-refractivity contribution in [2.24, 2.45) is 5.10 Å². The van der Waals surface area contributed by atoms with Gasteiger partial charge in [-0.1, -0.05) is 18.5 Å². The molecule has 1 N–H and O–H groups in total. The minimum Gasteiger partial charge on any atom is -0.483 e. The Bertz CT molecular complexity index is 804. The molecule has 6 nitrogen and oxygen atoms in total. The lowest BCUT2D eigenvalue weighted by molar-refractivity contribution is -0.134. The smallest absolute Gasteiger partial charge is 0.310 e. The van der Waals surface area contributed by atoms with Crippen molar-refractivity contribution in [1.29, 1.82) is 0 Å². The van der Waals surface area contributed by atoms with Crippen LogP contribution in [0.15, 0.2) is 47.6 Å². The molecule has 0 spiro atoms. The van der Waals surface area contributed by atoms with Crippen molar-refractivity contribution in [3.05, 3.63) is 58.6 Å². The van der Waals surface area contributed by atoms with Crippen molar-refractivity contribution in [1.82, 2.24) is 5.43 Å². The summed E-state index contributed by atoms with van der Waals surface area (Å²) in [7, 11) is 0. The van der Waals surface area contributed by atoms with Crippen LogP contribution in [0.5, 0.6) is 11.5 Å². The Morgan fingerprint density at radius 1 is 1.19 bits per heavy atom. The molecule has 0 aliphatic rings. The molecule has 0 atom stereocenters. The van der Waals surface area contributed by atoms with Crippen LogP contribution in [0.1, 0.15) is 24.5 Å². The van der Waals surface area contributed by atoms with Crippen LogP contribution < -0.4 is 14.9 Å². The van der Waals surface area contributed by atoms with Crippen LogP contribution in [-0.4, -0.2) is 24.7 Å². The molecular weight excluding hydrogens is 356 g/mol. The molecule has 0 unspecified atom stereocenters. The molecule has 0 heterocycles. The lowest BCUT2D eigenvalue weighted by Gasteiger charge is -2.08. The van der Waals surface area contributed by atoms with Gasteiger partial charge in [-0.05, 0) is 60.5 Å². The van der Waals surface area contributed by atoms with E-state index in [9.17, 15) is 9.59 Å². The summed E-state index contributed by atoms with van der Waals surface area (Å²) in [6.45, 7) is 3.41. The normalized spacial score (nSPS) is 10.6. The van der Waals surface area contributed by atoms with Gasteiger partial charge in [-0.25, -0.2) is 5.43 Å². The van der Waals surface area contributed by atoms with Crippen LogP contribution in [-0.2, 0) is 9.59 Å². The maximum absolute atomic E-state index is 11.8. The Kier molecular flexibility index (Phi) is 7.17. The summed E-state index contributed by atoms with van der Waals surface area (Å²) in [6, 6.07) is 11.9. The van der Waals surface area contributed by atoms with Crippen molar-refractivity contribution in [2.75, 3.05) is 6.61 Å². The Hall–Kier alpha value is -2.86. The van der Waals surface area contributed by atoms with Crippen molar-refractivity contribution in [3.63, 3.8) is 0 Å². The number of aryl methyl sites for hydroxylation is 1. The average Bonchev–Trinajstić information content (AvgIpc) is 2.62. The second-order valence-electron chi connectivity index (χ2n) is 5.39. The molecule has 26 heavy (non-hydrogen) atoms. The first-order valence-corrected chi connectivity index (χ1v) is 8.37. The first-order valence-electron chi connectivity index (χ1n) is 7.99. The van der Waals surface area contributed by atoms with Gasteiger partial charge < -0.3 is 9.47 Å². The van der Waals surface area contributed by atoms with E-state index in [1.54, 1.807) is 49.4 Å². The molecule has 0 saturated heterocycles. The van der Waals surface area contributed by atoms with Gasteiger partial charge >= 0.3 is 5.97 Å². The molecule has 7 heteroatoms. The number of carbonyl (C=O) groups is 2.